The van der Waals surface area contributed by atoms with Gasteiger partial charge < -0.3 is 14.5 Å². The molecular weight excluding hydrogens is 432 g/mol. The molecule has 1 aliphatic heterocycles. The maximum Gasteiger partial charge on any atom is 0.416 e. The number of nitrogens with zero attached hydrogens (tertiary/aromatic N) is 2. The zero-order valence-electron chi connectivity index (χ0n) is 17.1. The van der Waals surface area contributed by atoms with Crippen LogP contribution in [0.5, 0.6) is 0 Å². The van der Waals surface area contributed by atoms with Crippen molar-refractivity contribution >= 4 is 23.3 Å². The Balaban J connectivity index is 1.53. The Morgan fingerprint density at radius 3 is 2.25 bits per heavy atom. The highest BCUT2D eigenvalue weighted by atomic mass is 19.4. The minimum Gasteiger partial charge on any atom is -0.452 e. The fraction of sp³-hybridized carbons (Fsp3) is 0.318. The van der Waals surface area contributed by atoms with E-state index in [1.807, 2.05) is 0 Å². The number of amides is 1. The maximum absolute atomic E-state index is 14.3. The lowest BCUT2D eigenvalue weighted by Crippen LogP contribution is -2.50. The standard InChI is InChI=1S/C22H20F4N2O4/c1-14(29)15-5-6-19(18(23)12-15)27-7-9-28(10-8-27)20(30)13-32-21(31)16-3-2-4-17(11-16)22(24,25)26/h2-6,11-12H,7-10,13H2,1H3. The second kappa shape index (κ2) is 9.37. The number of ketones is 1. The lowest BCUT2D eigenvalue weighted by atomic mass is 10.1. The van der Waals surface area contributed by atoms with Crippen LogP contribution < -0.4 is 4.90 Å². The molecule has 1 heterocycles. The molecule has 1 fully saturated rings. The number of alkyl halides is 3. The topological polar surface area (TPSA) is 66.9 Å². The second-order valence-electron chi connectivity index (χ2n) is 7.24. The Bertz CT molecular complexity index is 1030. The van der Waals surface area contributed by atoms with Crippen molar-refractivity contribution < 1.29 is 36.7 Å². The van der Waals surface area contributed by atoms with Crippen LogP contribution in [0.3, 0.4) is 0 Å². The van der Waals surface area contributed by atoms with Crippen LogP contribution in [-0.2, 0) is 15.7 Å². The number of benzene rings is 2. The number of ether oxygens (including phenoxy) is 1. The molecule has 1 amide bonds. The van der Waals surface area contributed by atoms with E-state index in [0.29, 0.717) is 24.8 Å². The van der Waals surface area contributed by atoms with Gasteiger partial charge in [0.2, 0.25) is 0 Å². The fourth-order valence-electron chi connectivity index (χ4n) is 3.30. The molecule has 0 saturated carbocycles. The number of hydrogen-bond acceptors (Lipinski definition) is 5. The molecule has 10 heteroatoms. The van der Waals surface area contributed by atoms with E-state index in [1.54, 1.807) is 4.90 Å². The zero-order chi connectivity index (χ0) is 23.5. The first-order valence-corrected chi connectivity index (χ1v) is 9.74. The predicted octanol–water partition coefficient (Wildman–Crippen LogP) is 3.55. The van der Waals surface area contributed by atoms with Crippen LogP contribution in [0.2, 0.25) is 0 Å². The number of rotatable bonds is 5. The Morgan fingerprint density at radius 2 is 1.66 bits per heavy atom. The SMILES string of the molecule is CC(=O)c1ccc(N2CCN(C(=O)COC(=O)c3cccc(C(F)(F)F)c3)CC2)c(F)c1. The molecule has 0 aromatic heterocycles. The Kier molecular flexibility index (Phi) is 6.81. The van der Waals surface area contributed by atoms with Crippen molar-refractivity contribution in [3.63, 3.8) is 0 Å². The highest BCUT2D eigenvalue weighted by Gasteiger charge is 2.31. The number of piperazine rings is 1. The molecule has 32 heavy (non-hydrogen) atoms. The van der Waals surface area contributed by atoms with Gasteiger partial charge in [-0.2, -0.15) is 13.2 Å². The minimum atomic E-state index is -4.60. The third-order valence-corrected chi connectivity index (χ3v) is 5.08. The van der Waals surface area contributed by atoms with E-state index in [0.717, 1.165) is 12.1 Å². The summed E-state index contributed by atoms with van der Waals surface area (Å²) >= 11 is 0. The van der Waals surface area contributed by atoms with Gasteiger partial charge in [0, 0.05) is 31.7 Å². The first-order chi connectivity index (χ1) is 15.1. The first kappa shape index (κ1) is 23.2. The van der Waals surface area contributed by atoms with Gasteiger partial charge in [-0.05, 0) is 43.3 Å². The molecule has 170 valence electrons. The summed E-state index contributed by atoms with van der Waals surface area (Å²) in [5.74, 6) is -2.31. The number of esters is 1. The van der Waals surface area contributed by atoms with Crippen LogP contribution in [0.1, 0.15) is 33.2 Å². The molecule has 0 bridgehead atoms. The highest BCUT2D eigenvalue weighted by molar-refractivity contribution is 5.94. The molecule has 2 aromatic rings. The predicted molar refractivity (Wildman–Crippen MR) is 107 cm³/mol. The minimum absolute atomic E-state index is 0.244. The highest BCUT2D eigenvalue weighted by Crippen LogP contribution is 2.29. The summed E-state index contributed by atoms with van der Waals surface area (Å²) < 4.78 is 57.5. The molecule has 3 rings (SSSR count). The average molecular weight is 452 g/mol. The number of carbonyl (C=O) groups excluding carboxylic acids is 3. The van der Waals surface area contributed by atoms with Crippen molar-refractivity contribution in [2.24, 2.45) is 0 Å². The summed E-state index contributed by atoms with van der Waals surface area (Å²) in [7, 11) is 0. The molecule has 1 saturated heterocycles. The summed E-state index contributed by atoms with van der Waals surface area (Å²) in [5, 5.41) is 0. The van der Waals surface area contributed by atoms with Gasteiger partial charge in [0.1, 0.15) is 5.82 Å². The largest absolute Gasteiger partial charge is 0.452 e. The summed E-state index contributed by atoms with van der Waals surface area (Å²) in [6.45, 7) is 1.87. The molecule has 0 unspecified atom stereocenters. The molecule has 0 atom stereocenters. The molecule has 0 aliphatic carbocycles. The van der Waals surface area contributed by atoms with Crippen molar-refractivity contribution in [2.45, 2.75) is 13.1 Å². The van der Waals surface area contributed by atoms with Crippen molar-refractivity contribution in [2.75, 3.05) is 37.7 Å². The third kappa shape index (κ3) is 5.43. The van der Waals surface area contributed by atoms with Gasteiger partial charge in [0.25, 0.3) is 5.91 Å². The van der Waals surface area contributed by atoms with E-state index in [1.165, 1.54) is 36.1 Å². The van der Waals surface area contributed by atoms with E-state index in [4.69, 9.17) is 4.74 Å². The molecular formula is C22H20F4N2O4. The number of halogens is 4. The number of Topliss-reactive ketones (excluding diaryl/α,β-unsaturated/α-hetero) is 1. The van der Waals surface area contributed by atoms with Crippen LogP contribution in [0.25, 0.3) is 0 Å². The smallest absolute Gasteiger partial charge is 0.416 e. The van der Waals surface area contributed by atoms with Crippen molar-refractivity contribution in [1.82, 2.24) is 4.90 Å². The lowest BCUT2D eigenvalue weighted by Gasteiger charge is -2.36. The average Bonchev–Trinajstić information content (AvgIpc) is 2.76. The van der Waals surface area contributed by atoms with Gasteiger partial charge in [0.15, 0.2) is 12.4 Å². The van der Waals surface area contributed by atoms with Crippen LogP contribution >= 0.6 is 0 Å². The number of anilines is 1. The van der Waals surface area contributed by atoms with Crippen molar-refractivity contribution in [3.8, 4) is 0 Å². The van der Waals surface area contributed by atoms with Gasteiger partial charge in [-0.15, -0.1) is 0 Å². The molecule has 6 nitrogen and oxygen atoms in total. The lowest BCUT2D eigenvalue weighted by molar-refractivity contribution is -0.138. The maximum atomic E-state index is 14.3. The second-order valence-corrected chi connectivity index (χ2v) is 7.24. The van der Waals surface area contributed by atoms with E-state index in [9.17, 15) is 31.9 Å². The van der Waals surface area contributed by atoms with Gasteiger partial charge in [-0.1, -0.05) is 6.07 Å². The monoisotopic (exact) mass is 452 g/mol. The fourth-order valence-corrected chi connectivity index (χ4v) is 3.30. The molecule has 2 aromatic carbocycles. The first-order valence-electron chi connectivity index (χ1n) is 9.74. The van der Waals surface area contributed by atoms with Crippen molar-refractivity contribution in [3.05, 3.63) is 65.0 Å². The summed E-state index contributed by atoms with van der Waals surface area (Å²) in [4.78, 5) is 38.9. The van der Waals surface area contributed by atoms with E-state index in [2.05, 4.69) is 0 Å². The van der Waals surface area contributed by atoms with Gasteiger partial charge in [0.05, 0.1) is 16.8 Å². The number of hydrogen-bond donors (Lipinski definition) is 0. The van der Waals surface area contributed by atoms with Crippen molar-refractivity contribution in [1.29, 1.82) is 0 Å². The van der Waals surface area contributed by atoms with E-state index in [-0.39, 0.29) is 30.0 Å². The molecule has 1 aliphatic rings. The quantitative estimate of drug-likeness (QED) is 0.394. The number of carbonyl (C=O) groups is 3. The van der Waals surface area contributed by atoms with E-state index >= 15 is 0 Å². The Labute approximate surface area is 181 Å². The normalized spacial score (nSPS) is 14.3. The van der Waals surface area contributed by atoms with Gasteiger partial charge in [-0.25, -0.2) is 9.18 Å². The van der Waals surface area contributed by atoms with Crippen LogP contribution in [0, 0.1) is 5.82 Å². The van der Waals surface area contributed by atoms with Crippen LogP contribution in [0.4, 0.5) is 23.2 Å². The molecule has 0 spiro atoms. The molecule has 0 N–H and O–H groups in total. The van der Waals surface area contributed by atoms with E-state index < -0.39 is 36.0 Å². The summed E-state index contributed by atoms with van der Waals surface area (Å²) in [6.07, 6.45) is -4.60. The Hall–Kier alpha value is -3.43. The van der Waals surface area contributed by atoms with Crippen LogP contribution in [-0.4, -0.2) is 55.3 Å². The summed E-state index contributed by atoms with van der Waals surface area (Å²) in [5.41, 5.74) is -0.708. The third-order valence-electron chi connectivity index (χ3n) is 5.08. The van der Waals surface area contributed by atoms with Gasteiger partial charge >= 0.3 is 12.1 Å². The Morgan fingerprint density at radius 1 is 0.969 bits per heavy atom. The van der Waals surface area contributed by atoms with Crippen LogP contribution in [0.15, 0.2) is 42.5 Å². The summed E-state index contributed by atoms with van der Waals surface area (Å²) in [6, 6.07) is 7.97. The zero-order valence-corrected chi connectivity index (χ0v) is 17.1. The van der Waals surface area contributed by atoms with Gasteiger partial charge in [-0.3, -0.25) is 9.59 Å². The molecule has 0 radical (unpaired) electrons.